The van der Waals surface area contributed by atoms with Gasteiger partial charge in [0.1, 0.15) is 10.1 Å². The number of thiocarbonyl (C=S) groups is 1. The number of thiol groups is 1. The third kappa shape index (κ3) is 7.91. The van der Waals surface area contributed by atoms with Crippen LogP contribution in [0.4, 0.5) is 0 Å². The number of carbonyl (C=O) groups excluding carboxylic acids is 1. The molecule has 0 saturated carbocycles. The van der Waals surface area contributed by atoms with E-state index in [0.29, 0.717) is 10.7 Å². The molecule has 0 bridgehead atoms. The summed E-state index contributed by atoms with van der Waals surface area (Å²) < 4.78 is 0.489. The molecule has 0 aromatic rings. The molecule has 10 heavy (non-hydrogen) atoms. The van der Waals surface area contributed by atoms with E-state index < -0.39 is 0 Å². The summed E-state index contributed by atoms with van der Waals surface area (Å²) in [6.45, 7) is 2.32. The molecule has 0 saturated heterocycles. The van der Waals surface area contributed by atoms with E-state index in [4.69, 9.17) is 0 Å². The molecule has 0 aliphatic heterocycles. The predicted octanol–water partition coefficient (Wildman–Crippen LogP) is 1.16. The molecule has 0 heterocycles. The van der Waals surface area contributed by atoms with Gasteiger partial charge in [0, 0.05) is 13.0 Å². The van der Waals surface area contributed by atoms with Crippen molar-refractivity contribution in [2.75, 3.05) is 6.54 Å². The molecule has 0 atom stereocenters. The number of ketones is 1. The minimum absolute atomic E-state index is 0.215. The van der Waals surface area contributed by atoms with E-state index >= 15 is 0 Å². The van der Waals surface area contributed by atoms with Gasteiger partial charge in [-0.3, -0.25) is 0 Å². The van der Waals surface area contributed by atoms with Gasteiger partial charge in [-0.1, -0.05) is 12.2 Å². The summed E-state index contributed by atoms with van der Waals surface area (Å²) in [6, 6.07) is 0. The zero-order valence-electron chi connectivity index (χ0n) is 5.89. The van der Waals surface area contributed by atoms with Crippen LogP contribution in [-0.4, -0.2) is 16.6 Å². The Hall–Kier alpha value is -0.0900. The zero-order valence-corrected chi connectivity index (χ0v) is 7.60. The van der Waals surface area contributed by atoms with Gasteiger partial charge in [0.15, 0.2) is 0 Å². The molecule has 0 amide bonds. The van der Waals surface area contributed by atoms with Gasteiger partial charge in [-0.15, -0.1) is 12.6 Å². The summed E-state index contributed by atoms with van der Waals surface area (Å²) in [4.78, 5) is 10.4. The molecule has 4 heteroatoms. The zero-order chi connectivity index (χ0) is 7.98. The molecule has 0 aliphatic rings. The first kappa shape index (κ1) is 9.91. The molecular weight excluding hydrogens is 166 g/mol. The van der Waals surface area contributed by atoms with Crippen LogP contribution in [0.15, 0.2) is 0 Å². The maximum atomic E-state index is 10.4. The number of hydrogen-bond acceptors (Lipinski definition) is 2. The number of hydrogen-bond donors (Lipinski definition) is 2. The number of nitrogens with one attached hydrogen (secondary N) is 1. The SMILES string of the molecule is CC(=O)CCCNC(=S)S. The van der Waals surface area contributed by atoms with Gasteiger partial charge in [0.25, 0.3) is 0 Å². The average Bonchev–Trinajstić information content (AvgIpc) is 1.79. The first-order chi connectivity index (χ1) is 4.63. The normalized spacial score (nSPS) is 9.00. The Balaban J connectivity index is 3.06. The van der Waals surface area contributed by atoms with E-state index in [2.05, 4.69) is 30.2 Å². The van der Waals surface area contributed by atoms with Crippen molar-refractivity contribution in [1.82, 2.24) is 5.32 Å². The summed E-state index contributed by atoms with van der Waals surface area (Å²) in [5.41, 5.74) is 0. The average molecular weight is 177 g/mol. The minimum atomic E-state index is 0.215. The Kier molecular flexibility index (Phi) is 5.63. The lowest BCUT2D eigenvalue weighted by molar-refractivity contribution is -0.117. The van der Waals surface area contributed by atoms with Gasteiger partial charge < -0.3 is 10.1 Å². The summed E-state index contributed by atoms with van der Waals surface area (Å²) >= 11 is 8.50. The van der Waals surface area contributed by atoms with Crippen LogP contribution >= 0.6 is 24.8 Å². The monoisotopic (exact) mass is 177 g/mol. The van der Waals surface area contributed by atoms with Crippen LogP contribution in [0.3, 0.4) is 0 Å². The highest BCUT2D eigenvalue weighted by molar-refractivity contribution is 8.11. The third-order valence-corrected chi connectivity index (χ3v) is 1.28. The Morgan fingerprint density at radius 2 is 2.30 bits per heavy atom. The summed E-state index contributed by atoms with van der Waals surface area (Å²) in [7, 11) is 0. The van der Waals surface area contributed by atoms with E-state index in [1.165, 1.54) is 0 Å². The highest BCUT2D eigenvalue weighted by atomic mass is 32.1. The molecule has 0 aromatic carbocycles. The lowest BCUT2D eigenvalue weighted by atomic mass is 10.2. The Labute approximate surface area is 71.8 Å². The molecule has 0 fully saturated rings. The van der Waals surface area contributed by atoms with Crippen molar-refractivity contribution in [2.45, 2.75) is 19.8 Å². The van der Waals surface area contributed by atoms with Crippen molar-refractivity contribution >= 4 is 35.0 Å². The van der Waals surface area contributed by atoms with Crippen molar-refractivity contribution in [3.63, 3.8) is 0 Å². The molecule has 1 N–H and O–H groups in total. The van der Waals surface area contributed by atoms with Crippen LogP contribution in [0.5, 0.6) is 0 Å². The lowest BCUT2D eigenvalue weighted by Crippen LogP contribution is -2.17. The van der Waals surface area contributed by atoms with E-state index in [9.17, 15) is 4.79 Å². The molecule has 0 spiro atoms. The minimum Gasteiger partial charge on any atom is -0.371 e. The molecule has 0 rings (SSSR count). The van der Waals surface area contributed by atoms with Gasteiger partial charge in [-0.2, -0.15) is 0 Å². The van der Waals surface area contributed by atoms with Gasteiger partial charge in [0.2, 0.25) is 0 Å². The quantitative estimate of drug-likeness (QED) is 0.383. The lowest BCUT2D eigenvalue weighted by Gasteiger charge is -1.99. The molecule has 2 nitrogen and oxygen atoms in total. The van der Waals surface area contributed by atoms with Crippen LogP contribution in [0.25, 0.3) is 0 Å². The molecular formula is C6H11NOS2. The van der Waals surface area contributed by atoms with Crippen molar-refractivity contribution in [3.8, 4) is 0 Å². The van der Waals surface area contributed by atoms with Crippen molar-refractivity contribution in [3.05, 3.63) is 0 Å². The standard InChI is InChI=1S/C6H11NOS2/c1-5(8)3-2-4-7-6(9)10/h2-4H2,1H3,(H2,7,9,10). The summed E-state index contributed by atoms with van der Waals surface area (Å²) in [5, 5.41) is 2.84. The van der Waals surface area contributed by atoms with Gasteiger partial charge in [-0.05, 0) is 13.3 Å². The largest absolute Gasteiger partial charge is 0.371 e. The highest BCUT2D eigenvalue weighted by Crippen LogP contribution is 1.88. The summed E-state index contributed by atoms with van der Waals surface area (Å²) in [5.74, 6) is 0.215. The maximum absolute atomic E-state index is 10.4. The molecule has 0 aliphatic carbocycles. The smallest absolute Gasteiger partial charge is 0.130 e. The fourth-order valence-electron chi connectivity index (χ4n) is 0.533. The Morgan fingerprint density at radius 1 is 1.70 bits per heavy atom. The van der Waals surface area contributed by atoms with Gasteiger partial charge in [-0.25, -0.2) is 0 Å². The highest BCUT2D eigenvalue weighted by Gasteiger charge is 1.92. The van der Waals surface area contributed by atoms with Gasteiger partial charge in [0.05, 0.1) is 0 Å². The van der Waals surface area contributed by atoms with Crippen molar-refractivity contribution in [1.29, 1.82) is 0 Å². The van der Waals surface area contributed by atoms with Crippen molar-refractivity contribution in [2.24, 2.45) is 0 Å². The summed E-state index contributed by atoms with van der Waals surface area (Å²) in [6.07, 6.45) is 1.44. The second kappa shape index (κ2) is 5.68. The first-order valence-corrected chi connectivity index (χ1v) is 3.94. The van der Waals surface area contributed by atoms with Crippen LogP contribution in [0.1, 0.15) is 19.8 Å². The Morgan fingerprint density at radius 3 is 2.70 bits per heavy atom. The number of rotatable bonds is 4. The van der Waals surface area contributed by atoms with Gasteiger partial charge >= 0.3 is 0 Å². The predicted molar refractivity (Wildman–Crippen MR) is 49.5 cm³/mol. The number of Topliss-reactive ketones (excluding diaryl/α,β-unsaturated/α-hetero) is 1. The Bertz CT molecular complexity index is 120. The second-order valence-corrected chi connectivity index (χ2v) is 3.20. The third-order valence-electron chi connectivity index (χ3n) is 0.982. The van der Waals surface area contributed by atoms with E-state index in [1.807, 2.05) is 0 Å². The second-order valence-electron chi connectivity index (χ2n) is 2.04. The van der Waals surface area contributed by atoms with E-state index in [0.717, 1.165) is 13.0 Å². The molecule has 0 radical (unpaired) electrons. The molecule has 0 aromatic heterocycles. The fraction of sp³-hybridized carbons (Fsp3) is 0.667. The van der Waals surface area contributed by atoms with Crippen LogP contribution in [-0.2, 0) is 4.79 Å². The van der Waals surface area contributed by atoms with Crippen LogP contribution in [0, 0.1) is 0 Å². The number of carbonyl (C=O) groups is 1. The first-order valence-electron chi connectivity index (χ1n) is 3.09. The topological polar surface area (TPSA) is 29.1 Å². The van der Waals surface area contributed by atoms with E-state index in [-0.39, 0.29) is 5.78 Å². The molecule has 0 unspecified atom stereocenters. The van der Waals surface area contributed by atoms with Crippen LogP contribution in [0.2, 0.25) is 0 Å². The molecule has 58 valence electrons. The van der Waals surface area contributed by atoms with Crippen LogP contribution < -0.4 is 5.32 Å². The fourth-order valence-corrected chi connectivity index (χ4v) is 0.747. The van der Waals surface area contributed by atoms with E-state index in [1.54, 1.807) is 6.92 Å². The maximum Gasteiger partial charge on any atom is 0.130 e. The van der Waals surface area contributed by atoms with Crippen molar-refractivity contribution < 1.29 is 4.79 Å².